The van der Waals surface area contributed by atoms with E-state index in [0.717, 1.165) is 11.1 Å². The van der Waals surface area contributed by atoms with Gasteiger partial charge in [-0.1, -0.05) is 18.2 Å². The van der Waals surface area contributed by atoms with Crippen LogP contribution in [0.2, 0.25) is 0 Å². The molecule has 0 aromatic heterocycles. The normalized spacial score (nSPS) is 19.2. The number of benzene rings is 2. The first kappa shape index (κ1) is 23.3. The van der Waals surface area contributed by atoms with Gasteiger partial charge in [0.25, 0.3) is 0 Å². The molecule has 2 aromatic carbocycles. The molecule has 1 fully saturated rings. The largest absolute Gasteiger partial charge is 0.496 e. The van der Waals surface area contributed by atoms with Crippen molar-refractivity contribution in [2.24, 2.45) is 5.92 Å². The lowest BCUT2D eigenvalue weighted by Gasteiger charge is -2.31. The van der Waals surface area contributed by atoms with E-state index in [1.54, 1.807) is 19.2 Å². The SMILES string of the molecule is COc1ccccc1CNC(=O)[C@@H]1CCCN(S(=O)(=O)c2ccc3c(c2)CCCC(=O)N3)C1. The number of ether oxygens (including phenoxy) is 1. The van der Waals surface area contributed by atoms with Gasteiger partial charge in [-0.15, -0.1) is 0 Å². The van der Waals surface area contributed by atoms with E-state index in [1.165, 1.54) is 10.4 Å². The van der Waals surface area contributed by atoms with Gasteiger partial charge in [-0.2, -0.15) is 4.31 Å². The van der Waals surface area contributed by atoms with Crippen molar-refractivity contribution in [3.63, 3.8) is 0 Å². The Hall–Kier alpha value is -2.91. The molecular weight excluding hydrogens is 442 g/mol. The first-order valence-corrected chi connectivity index (χ1v) is 12.6. The number of aryl methyl sites for hydroxylation is 1. The number of para-hydroxylation sites is 1. The Labute approximate surface area is 194 Å². The predicted molar refractivity (Wildman–Crippen MR) is 124 cm³/mol. The van der Waals surface area contributed by atoms with Gasteiger partial charge in [0.15, 0.2) is 0 Å². The molecule has 1 atom stereocenters. The molecule has 2 N–H and O–H groups in total. The van der Waals surface area contributed by atoms with Crippen LogP contribution in [-0.4, -0.2) is 44.7 Å². The fraction of sp³-hybridized carbons (Fsp3) is 0.417. The Kier molecular flexibility index (Phi) is 6.99. The molecule has 2 aromatic rings. The molecule has 33 heavy (non-hydrogen) atoms. The third kappa shape index (κ3) is 5.20. The number of carbonyl (C=O) groups excluding carboxylic acids is 2. The fourth-order valence-electron chi connectivity index (χ4n) is 4.41. The zero-order valence-electron chi connectivity index (χ0n) is 18.7. The first-order chi connectivity index (χ1) is 15.9. The molecule has 0 bridgehead atoms. The second-order valence-corrected chi connectivity index (χ2v) is 10.4. The number of sulfonamides is 1. The number of fused-ring (bicyclic) bond motifs is 1. The minimum Gasteiger partial charge on any atom is -0.496 e. The molecule has 8 nitrogen and oxygen atoms in total. The summed E-state index contributed by atoms with van der Waals surface area (Å²) in [6, 6.07) is 12.3. The number of methoxy groups -OCH3 is 1. The van der Waals surface area contributed by atoms with E-state index in [9.17, 15) is 18.0 Å². The van der Waals surface area contributed by atoms with E-state index in [0.29, 0.717) is 56.6 Å². The molecule has 4 rings (SSSR count). The van der Waals surface area contributed by atoms with Crippen LogP contribution in [0, 0.1) is 5.92 Å². The van der Waals surface area contributed by atoms with Gasteiger partial charge in [-0.25, -0.2) is 8.42 Å². The molecule has 0 unspecified atom stereocenters. The van der Waals surface area contributed by atoms with Gasteiger partial charge in [0.2, 0.25) is 21.8 Å². The van der Waals surface area contributed by atoms with E-state index in [-0.39, 0.29) is 23.3 Å². The number of amides is 2. The third-order valence-electron chi connectivity index (χ3n) is 6.24. The van der Waals surface area contributed by atoms with Gasteiger partial charge < -0.3 is 15.4 Å². The lowest BCUT2D eigenvalue weighted by molar-refractivity contribution is -0.126. The van der Waals surface area contributed by atoms with E-state index in [1.807, 2.05) is 24.3 Å². The summed E-state index contributed by atoms with van der Waals surface area (Å²) in [7, 11) is -2.16. The first-order valence-electron chi connectivity index (χ1n) is 11.2. The highest BCUT2D eigenvalue weighted by molar-refractivity contribution is 7.89. The zero-order valence-corrected chi connectivity index (χ0v) is 19.5. The maximum Gasteiger partial charge on any atom is 0.243 e. The molecular formula is C24H29N3O5S. The number of rotatable bonds is 6. The number of hydrogen-bond donors (Lipinski definition) is 2. The number of piperidine rings is 1. The number of anilines is 1. The van der Waals surface area contributed by atoms with Crippen molar-refractivity contribution in [1.29, 1.82) is 0 Å². The van der Waals surface area contributed by atoms with Crippen LogP contribution >= 0.6 is 0 Å². The highest BCUT2D eigenvalue weighted by Crippen LogP contribution is 2.29. The van der Waals surface area contributed by atoms with Crippen molar-refractivity contribution < 1.29 is 22.7 Å². The van der Waals surface area contributed by atoms with Crippen LogP contribution in [0.15, 0.2) is 47.4 Å². The number of nitrogens with zero attached hydrogens (tertiary/aromatic N) is 1. The van der Waals surface area contributed by atoms with Crippen molar-refractivity contribution >= 4 is 27.5 Å². The van der Waals surface area contributed by atoms with Crippen molar-refractivity contribution in [3.8, 4) is 5.75 Å². The smallest absolute Gasteiger partial charge is 0.243 e. The van der Waals surface area contributed by atoms with Crippen LogP contribution in [0.25, 0.3) is 0 Å². The Balaban J connectivity index is 1.44. The minimum atomic E-state index is -3.74. The second-order valence-electron chi connectivity index (χ2n) is 8.45. The average Bonchev–Trinajstić information content (AvgIpc) is 3.02. The molecule has 0 saturated carbocycles. The highest BCUT2D eigenvalue weighted by atomic mass is 32.2. The van der Waals surface area contributed by atoms with Gasteiger partial charge in [-0.3, -0.25) is 9.59 Å². The predicted octanol–water partition coefficient (Wildman–Crippen LogP) is 2.69. The van der Waals surface area contributed by atoms with E-state index in [4.69, 9.17) is 4.74 Å². The van der Waals surface area contributed by atoms with Crippen molar-refractivity contribution in [2.75, 3.05) is 25.5 Å². The van der Waals surface area contributed by atoms with Crippen molar-refractivity contribution in [2.45, 2.75) is 43.5 Å². The van der Waals surface area contributed by atoms with E-state index >= 15 is 0 Å². The van der Waals surface area contributed by atoms with Gasteiger partial charge in [-0.05, 0) is 55.5 Å². The molecule has 0 radical (unpaired) electrons. The molecule has 9 heteroatoms. The van der Waals surface area contributed by atoms with Crippen LogP contribution in [0.1, 0.15) is 36.8 Å². The van der Waals surface area contributed by atoms with Crippen molar-refractivity contribution in [3.05, 3.63) is 53.6 Å². The maximum atomic E-state index is 13.3. The summed E-state index contributed by atoms with van der Waals surface area (Å²) in [4.78, 5) is 24.8. The third-order valence-corrected chi connectivity index (χ3v) is 8.10. The standard InChI is InChI=1S/C24H29N3O5S/c1-32-22-9-3-2-6-18(22)15-25-24(29)19-8-5-13-27(16-19)33(30,31)20-11-12-21-17(14-20)7-4-10-23(28)26-21/h2-3,6,9,11-12,14,19H,4-5,7-8,10,13,15-16H2,1H3,(H,25,29)(H,26,28)/t19-/m1/s1. The quantitative estimate of drug-likeness (QED) is 0.674. The lowest BCUT2D eigenvalue weighted by Crippen LogP contribution is -2.45. The molecule has 2 aliphatic heterocycles. The van der Waals surface area contributed by atoms with Gasteiger partial charge >= 0.3 is 0 Å². The molecule has 2 aliphatic rings. The molecule has 0 spiro atoms. The maximum absolute atomic E-state index is 13.3. The van der Waals surface area contributed by atoms with E-state index < -0.39 is 15.9 Å². The Morgan fingerprint density at radius 3 is 2.82 bits per heavy atom. The fourth-order valence-corrected chi connectivity index (χ4v) is 5.99. The monoisotopic (exact) mass is 471 g/mol. The highest BCUT2D eigenvalue weighted by Gasteiger charge is 2.33. The summed E-state index contributed by atoms with van der Waals surface area (Å²) in [5.41, 5.74) is 2.36. The van der Waals surface area contributed by atoms with Crippen LogP contribution < -0.4 is 15.4 Å². The minimum absolute atomic E-state index is 0.0534. The van der Waals surface area contributed by atoms with Gasteiger partial charge in [0.05, 0.1) is 17.9 Å². The van der Waals surface area contributed by atoms with Crippen LogP contribution in [0.5, 0.6) is 5.75 Å². The number of hydrogen-bond acceptors (Lipinski definition) is 5. The number of carbonyl (C=O) groups is 2. The summed E-state index contributed by atoms with van der Waals surface area (Å²) < 4.78 is 33.4. The molecule has 0 aliphatic carbocycles. The van der Waals surface area contributed by atoms with Crippen LogP contribution in [0.4, 0.5) is 5.69 Å². The van der Waals surface area contributed by atoms with Crippen LogP contribution in [-0.2, 0) is 32.6 Å². The number of nitrogens with one attached hydrogen (secondary N) is 2. The van der Waals surface area contributed by atoms with Gasteiger partial charge in [0.1, 0.15) is 5.75 Å². The molecule has 1 saturated heterocycles. The van der Waals surface area contributed by atoms with Gasteiger partial charge in [0, 0.05) is 37.3 Å². The molecule has 176 valence electrons. The average molecular weight is 472 g/mol. The lowest BCUT2D eigenvalue weighted by atomic mass is 9.98. The molecule has 2 heterocycles. The molecule has 2 amide bonds. The summed E-state index contributed by atoms with van der Waals surface area (Å²) in [6.07, 6.45) is 3.01. The summed E-state index contributed by atoms with van der Waals surface area (Å²) in [5.74, 6) is 0.0706. The Bertz CT molecular complexity index is 1150. The summed E-state index contributed by atoms with van der Waals surface area (Å²) >= 11 is 0. The zero-order chi connectivity index (χ0) is 23.4. The summed E-state index contributed by atoms with van der Waals surface area (Å²) in [6.45, 7) is 0.850. The van der Waals surface area contributed by atoms with Crippen molar-refractivity contribution in [1.82, 2.24) is 9.62 Å². The topological polar surface area (TPSA) is 105 Å². The van der Waals surface area contributed by atoms with E-state index in [2.05, 4.69) is 10.6 Å². The second kappa shape index (κ2) is 9.93. The Morgan fingerprint density at radius 2 is 2.00 bits per heavy atom. The Morgan fingerprint density at radius 1 is 1.18 bits per heavy atom. The summed E-state index contributed by atoms with van der Waals surface area (Å²) in [5, 5.41) is 5.76. The van der Waals surface area contributed by atoms with Crippen LogP contribution in [0.3, 0.4) is 0 Å².